The normalized spacial score (nSPS) is 11.6. The van der Waals surface area contributed by atoms with Crippen molar-refractivity contribution in [1.82, 2.24) is 4.98 Å². The summed E-state index contributed by atoms with van der Waals surface area (Å²) in [6, 6.07) is 1.96. The SMILES string of the molecule is Cc1cc(C)c(C(=N)N)c(SC(C)(C)C)n1. The van der Waals surface area contributed by atoms with Crippen molar-refractivity contribution >= 4 is 17.6 Å². The molecule has 3 nitrogen and oxygen atoms in total. The molecular weight excluding hydrogens is 218 g/mol. The Hall–Kier alpha value is -1.03. The number of nitrogens with two attached hydrogens (primary N) is 1. The first kappa shape index (κ1) is 13.0. The first-order chi connectivity index (χ1) is 7.20. The molecule has 0 atom stereocenters. The molecule has 16 heavy (non-hydrogen) atoms. The molecule has 1 aromatic heterocycles. The van der Waals surface area contributed by atoms with Crippen molar-refractivity contribution in [3.63, 3.8) is 0 Å². The topological polar surface area (TPSA) is 62.8 Å². The zero-order valence-corrected chi connectivity index (χ0v) is 11.3. The summed E-state index contributed by atoms with van der Waals surface area (Å²) in [5.41, 5.74) is 8.37. The quantitative estimate of drug-likeness (QED) is 0.472. The van der Waals surface area contributed by atoms with Crippen molar-refractivity contribution < 1.29 is 0 Å². The van der Waals surface area contributed by atoms with Crippen LogP contribution in [0.25, 0.3) is 0 Å². The van der Waals surface area contributed by atoms with E-state index in [9.17, 15) is 0 Å². The molecule has 0 fully saturated rings. The van der Waals surface area contributed by atoms with Crippen molar-refractivity contribution in [2.75, 3.05) is 0 Å². The van der Waals surface area contributed by atoms with Gasteiger partial charge in [0.1, 0.15) is 10.9 Å². The number of hydrogen-bond donors (Lipinski definition) is 2. The maximum atomic E-state index is 7.62. The Labute approximate surface area is 101 Å². The Morgan fingerprint density at radius 3 is 2.38 bits per heavy atom. The van der Waals surface area contributed by atoms with Crippen LogP contribution in [-0.4, -0.2) is 15.6 Å². The maximum absolute atomic E-state index is 7.62. The monoisotopic (exact) mass is 237 g/mol. The van der Waals surface area contributed by atoms with E-state index in [1.54, 1.807) is 11.8 Å². The number of rotatable bonds is 2. The maximum Gasteiger partial charge on any atom is 0.125 e. The second-order valence-electron chi connectivity index (χ2n) is 4.89. The lowest BCUT2D eigenvalue weighted by molar-refractivity contribution is 0.798. The van der Waals surface area contributed by atoms with Gasteiger partial charge in [-0.05, 0) is 25.5 Å². The third-order valence-electron chi connectivity index (χ3n) is 1.98. The van der Waals surface area contributed by atoms with Gasteiger partial charge in [-0.2, -0.15) is 0 Å². The zero-order valence-electron chi connectivity index (χ0n) is 10.5. The molecule has 3 N–H and O–H groups in total. The van der Waals surface area contributed by atoms with Gasteiger partial charge in [-0.3, -0.25) is 5.41 Å². The highest BCUT2D eigenvalue weighted by atomic mass is 32.2. The van der Waals surface area contributed by atoms with E-state index < -0.39 is 0 Å². The summed E-state index contributed by atoms with van der Waals surface area (Å²) in [7, 11) is 0. The Bertz CT molecular complexity index is 419. The van der Waals surface area contributed by atoms with Gasteiger partial charge in [0.2, 0.25) is 0 Å². The summed E-state index contributed by atoms with van der Waals surface area (Å²) in [6.45, 7) is 10.3. The van der Waals surface area contributed by atoms with Gasteiger partial charge >= 0.3 is 0 Å². The summed E-state index contributed by atoms with van der Waals surface area (Å²) < 4.78 is 0.0669. The molecule has 0 bridgehead atoms. The van der Waals surface area contributed by atoms with E-state index in [-0.39, 0.29) is 10.6 Å². The molecule has 0 aliphatic heterocycles. The van der Waals surface area contributed by atoms with Crippen LogP contribution in [0.15, 0.2) is 11.1 Å². The average molecular weight is 237 g/mol. The fraction of sp³-hybridized carbons (Fsp3) is 0.500. The van der Waals surface area contributed by atoms with Gasteiger partial charge in [0.05, 0.1) is 5.56 Å². The highest BCUT2D eigenvalue weighted by molar-refractivity contribution is 8.00. The molecule has 88 valence electrons. The van der Waals surface area contributed by atoms with E-state index in [0.717, 1.165) is 21.8 Å². The molecule has 1 heterocycles. The Kier molecular flexibility index (Phi) is 3.63. The minimum absolute atomic E-state index is 0.0669. The van der Waals surface area contributed by atoms with Crippen LogP contribution in [0, 0.1) is 19.3 Å². The molecule has 1 aromatic rings. The van der Waals surface area contributed by atoms with Crippen molar-refractivity contribution in [1.29, 1.82) is 5.41 Å². The van der Waals surface area contributed by atoms with E-state index in [4.69, 9.17) is 11.1 Å². The number of hydrogen-bond acceptors (Lipinski definition) is 3. The molecule has 0 amide bonds. The second kappa shape index (κ2) is 4.45. The lowest BCUT2D eigenvalue weighted by atomic mass is 10.1. The van der Waals surface area contributed by atoms with E-state index in [2.05, 4.69) is 25.8 Å². The van der Waals surface area contributed by atoms with E-state index >= 15 is 0 Å². The van der Waals surface area contributed by atoms with Crippen LogP contribution in [0.2, 0.25) is 0 Å². The van der Waals surface area contributed by atoms with E-state index in [1.165, 1.54) is 0 Å². The fourth-order valence-corrected chi connectivity index (χ4v) is 2.64. The van der Waals surface area contributed by atoms with Crippen molar-refractivity contribution in [3.8, 4) is 0 Å². The smallest absolute Gasteiger partial charge is 0.125 e. The number of amidine groups is 1. The number of nitrogens with one attached hydrogen (secondary N) is 1. The third-order valence-corrected chi connectivity index (χ3v) is 3.08. The molecule has 0 saturated heterocycles. The van der Waals surface area contributed by atoms with Crippen LogP contribution >= 0.6 is 11.8 Å². The van der Waals surface area contributed by atoms with Crippen molar-refractivity contribution in [3.05, 3.63) is 22.9 Å². The first-order valence-electron chi connectivity index (χ1n) is 5.22. The molecule has 0 radical (unpaired) electrons. The van der Waals surface area contributed by atoms with Crippen molar-refractivity contribution in [2.45, 2.75) is 44.4 Å². The molecule has 0 aliphatic carbocycles. The van der Waals surface area contributed by atoms with Crippen LogP contribution in [0.5, 0.6) is 0 Å². The van der Waals surface area contributed by atoms with Crippen molar-refractivity contribution in [2.24, 2.45) is 5.73 Å². The van der Waals surface area contributed by atoms with Gasteiger partial charge in [0, 0.05) is 10.4 Å². The molecule has 0 unspecified atom stereocenters. The molecule has 0 aliphatic rings. The number of nitrogens with zero attached hydrogens (tertiary/aromatic N) is 1. The Morgan fingerprint density at radius 1 is 1.38 bits per heavy atom. The number of aryl methyl sites for hydroxylation is 2. The largest absolute Gasteiger partial charge is 0.384 e. The average Bonchev–Trinajstić information content (AvgIpc) is 1.96. The second-order valence-corrected chi connectivity index (χ2v) is 6.70. The molecule has 4 heteroatoms. The number of thioether (sulfide) groups is 1. The third kappa shape index (κ3) is 3.23. The van der Waals surface area contributed by atoms with Gasteiger partial charge in [-0.15, -0.1) is 0 Å². The number of nitrogen functional groups attached to an aromatic ring is 1. The summed E-state index contributed by atoms with van der Waals surface area (Å²) in [5.74, 6) is 0.0942. The highest BCUT2D eigenvalue weighted by Gasteiger charge is 2.19. The molecule has 0 spiro atoms. The predicted molar refractivity (Wildman–Crippen MR) is 70.3 cm³/mol. The van der Waals surface area contributed by atoms with Gasteiger partial charge in [0.25, 0.3) is 0 Å². The lowest BCUT2D eigenvalue weighted by Gasteiger charge is -2.20. The van der Waals surface area contributed by atoms with Gasteiger partial charge < -0.3 is 5.73 Å². The number of aromatic nitrogens is 1. The minimum atomic E-state index is 0.0669. The molecule has 1 rings (SSSR count). The van der Waals surface area contributed by atoms with Crippen LogP contribution in [0.3, 0.4) is 0 Å². The van der Waals surface area contributed by atoms with Crippen LogP contribution < -0.4 is 5.73 Å². The molecule has 0 aromatic carbocycles. The number of pyridine rings is 1. The highest BCUT2D eigenvalue weighted by Crippen LogP contribution is 2.33. The standard InChI is InChI=1S/C12H19N3S/c1-7-6-8(2)15-11(9(7)10(13)14)16-12(3,4)5/h6H,1-5H3,(H3,13,14). The van der Waals surface area contributed by atoms with Gasteiger partial charge in [0.15, 0.2) is 0 Å². The fourth-order valence-electron chi connectivity index (χ4n) is 1.49. The molecule has 0 saturated carbocycles. The first-order valence-corrected chi connectivity index (χ1v) is 6.04. The van der Waals surface area contributed by atoms with Crippen LogP contribution in [0.1, 0.15) is 37.6 Å². The zero-order chi connectivity index (χ0) is 12.5. The van der Waals surface area contributed by atoms with E-state index in [1.807, 2.05) is 19.9 Å². The van der Waals surface area contributed by atoms with Crippen LogP contribution in [0.4, 0.5) is 0 Å². The summed E-state index contributed by atoms with van der Waals surface area (Å²) >= 11 is 1.65. The van der Waals surface area contributed by atoms with E-state index in [0.29, 0.717) is 0 Å². The van der Waals surface area contributed by atoms with Crippen LogP contribution in [-0.2, 0) is 0 Å². The molecular formula is C12H19N3S. The summed E-state index contributed by atoms with van der Waals surface area (Å²) in [5, 5.41) is 8.48. The summed E-state index contributed by atoms with van der Waals surface area (Å²) in [6.07, 6.45) is 0. The Morgan fingerprint density at radius 2 is 1.94 bits per heavy atom. The lowest BCUT2D eigenvalue weighted by Crippen LogP contribution is -2.17. The van der Waals surface area contributed by atoms with Gasteiger partial charge in [-0.25, -0.2) is 4.98 Å². The minimum Gasteiger partial charge on any atom is -0.384 e. The Balaban J connectivity index is 3.30. The van der Waals surface area contributed by atoms with Gasteiger partial charge in [-0.1, -0.05) is 32.5 Å². The summed E-state index contributed by atoms with van der Waals surface area (Å²) in [4.78, 5) is 4.48. The predicted octanol–water partition coefficient (Wildman–Crippen LogP) is 2.87.